The highest BCUT2D eigenvalue weighted by atomic mass is 16.5. The Morgan fingerprint density at radius 1 is 1.56 bits per heavy atom. The fraction of sp³-hybridized carbons (Fsp3) is 0.636. The van der Waals surface area contributed by atoms with Gasteiger partial charge in [-0.3, -0.25) is 9.59 Å². The minimum Gasteiger partial charge on any atom is -0.481 e. The minimum atomic E-state index is -0.917. The fourth-order valence-electron chi connectivity index (χ4n) is 1.08. The van der Waals surface area contributed by atoms with Crippen molar-refractivity contribution in [2.24, 2.45) is 0 Å². The van der Waals surface area contributed by atoms with E-state index in [0.29, 0.717) is 13.0 Å². The summed E-state index contributed by atoms with van der Waals surface area (Å²) in [7, 11) is 1.57. The zero-order valence-corrected chi connectivity index (χ0v) is 9.81. The first-order valence-corrected chi connectivity index (χ1v) is 5.18. The van der Waals surface area contributed by atoms with E-state index >= 15 is 0 Å². The Kier molecular flexibility index (Phi) is 7.20. The van der Waals surface area contributed by atoms with Crippen LogP contribution in [0, 0.1) is 0 Å². The van der Waals surface area contributed by atoms with Gasteiger partial charge in [0.1, 0.15) is 6.10 Å². The molecule has 0 saturated heterocycles. The van der Waals surface area contributed by atoms with E-state index < -0.39 is 12.1 Å². The van der Waals surface area contributed by atoms with Crippen LogP contribution in [-0.4, -0.2) is 48.2 Å². The first kappa shape index (κ1) is 14.6. The number of rotatable bonds is 8. The van der Waals surface area contributed by atoms with E-state index in [1.165, 1.54) is 4.90 Å². The lowest BCUT2D eigenvalue weighted by Gasteiger charge is -2.20. The number of aliphatic carboxylic acids is 1. The number of carbonyl (C=O) groups excluding carboxylic acids is 1. The van der Waals surface area contributed by atoms with E-state index in [9.17, 15) is 9.59 Å². The second kappa shape index (κ2) is 7.87. The third kappa shape index (κ3) is 6.19. The van der Waals surface area contributed by atoms with Gasteiger partial charge in [0, 0.05) is 13.6 Å². The third-order valence-corrected chi connectivity index (χ3v) is 2.07. The van der Waals surface area contributed by atoms with Crippen LogP contribution in [0.25, 0.3) is 0 Å². The standard InChI is InChI=1S/C11H19NO4/c1-4-5-8-16-9(2)11(15)12(3)7-6-10(13)14/h4,9H,1,5-8H2,2-3H3,(H,13,14). The zero-order valence-electron chi connectivity index (χ0n) is 9.81. The first-order valence-electron chi connectivity index (χ1n) is 5.18. The molecular formula is C11H19NO4. The number of nitrogens with zero attached hydrogens (tertiary/aromatic N) is 1. The molecule has 1 N–H and O–H groups in total. The molecule has 5 nitrogen and oxygen atoms in total. The summed E-state index contributed by atoms with van der Waals surface area (Å²) in [5.41, 5.74) is 0. The lowest BCUT2D eigenvalue weighted by atomic mass is 10.3. The molecule has 1 unspecified atom stereocenters. The molecule has 0 spiro atoms. The van der Waals surface area contributed by atoms with Gasteiger partial charge in [-0.05, 0) is 13.3 Å². The van der Waals surface area contributed by atoms with Crippen LogP contribution in [0.1, 0.15) is 19.8 Å². The van der Waals surface area contributed by atoms with Crippen molar-refractivity contribution in [2.75, 3.05) is 20.2 Å². The molecule has 16 heavy (non-hydrogen) atoms. The Bertz CT molecular complexity index is 252. The summed E-state index contributed by atoms with van der Waals surface area (Å²) in [4.78, 5) is 23.3. The average Bonchev–Trinajstić information content (AvgIpc) is 2.24. The molecule has 0 aromatic heterocycles. The van der Waals surface area contributed by atoms with Crippen molar-refractivity contribution >= 4 is 11.9 Å². The number of amides is 1. The molecule has 0 aliphatic carbocycles. The lowest BCUT2D eigenvalue weighted by Crippen LogP contribution is -2.37. The molecule has 0 aliphatic rings. The first-order chi connectivity index (χ1) is 7.49. The zero-order chi connectivity index (χ0) is 12.6. The molecule has 0 saturated carbocycles. The number of carboxylic acid groups (broad SMARTS) is 1. The monoisotopic (exact) mass is 229 g/mol. The maximum Gasteiger partial charge on any atom is 0.305 e. The number of hydrogen-bond donors (Lipinski definition) is 1. The smallest absolute Gasteiger partial charge is 0.305 e. The van der Waals surface area contributed by atoms with Crippen LogP contribution in [0.15, 0.2) is 12.7 Å². The number of hydrogen-bond acceptors (Lipinski definition) is 3. The summed E-state index contributed by atoms with van der Waals surface area (Å²) < 4.78 is 5.26. The summed E-state index contributed by atoms with van der Waals surface area (Å²) in [6.07, 6.45) is 1.81. The predicted octanol–water partition coefficient (Wildman–Crippen LogP) is 0.901. The van der Waals surface area contributed by atoms with Gasteiger partial charge in [-0.2, -0.15) is 0 Å². The van der Waals surface area contributed by atoms with Gasteiger partial charge < -0.3 is 14.7 Å². The maximum absolute atomic E-state index is 11.6. The van der Waals surface area contributed by atoms with Gasteiger partial charge in [0.05, 0.1) is 13.0 Å². The topological polar surface area (TPSA) is 66.8 Å². The van der Waals surface area contributed by atoms with Gasteiger partial charge in [0.15, 0.2) is 0 Å². The van der Waals surface area contributed by atoms with Gasteiger partial charge >= 0.3 is 5.97 Å². The molecule has 0 radical (unpaired) electrons. The van der Waals surface area contributed by atoms with E-state index in [1.54, 1.807) is 20.0 Å². The molecular weight excluding hydrogens is 210 g/mol. The van der Waals surface area contributed by atoms with Crippen molar-refractivity contribution in [1.82, 2.24) is 4.90 Å². The van der Waals surface area contributed by atoms with Crippen LogP contribution in [-0.2, 0) is 14.3 Å². The van der Waals surface area contributed by atoms with Crippen LogP contribution < -0.4 is 0 Å². The van der Waals surface area contributed by atoms with E-state index in [-0.39, 0.29) is 18.9 Å². The molecule has 0 heterocycles. The number of carboxylic acids is 1. The molecule has 0 rings (SSSR count). The second-order valence-corrected chi connectivity index (χ2v) is 3.49. The highest BCUT2D eigenvalue weighted by Gasteiger charge is 2.17. The Hall–Kier alpha value is -1.36. The molecule has 1 amide bonds. The van der Waals surface area contributed by atoms with Gasteiger partial charge in [-0.15, -0.1) is 6.58 Å². The third-order valence-electron chi connectivity index (χ3n) is 2.07. The Morgan fingerprint density at radius 3 is 2.69 bits per heavy atom. The van der Waals surface area contributed by atoms with Gasteiger partial charge in [-0.25, -0.2) is 0 Å². The molecule has 92 valence electrons. The average molecular weight is 229 g/mol. The van der Waals surface area contributed by atoms with Gasteiger partial charge in [0.2, 0.25) is 0 Å². The van der Waals surface area contributed by atoms with Crippen molar-refractivity contribution in [3.8, 4) is 0 Å². The van der Waals surface area contributed by atoms with E-state index in [0.717, 1.165) is 0 Å². The quantitative estimate of drug-likeness (QED) is 0.496. The number of ether oxygens (including phenoxy) is 1. The van der Waals surface area contributed by atoms with Crippen LogP contribution >= 0.6 is 0 Å². The van der Waals surface area contributed by atoms with Crippen molar-refractivity contribution in [3.63, 3.8) is 0 Å². The predicted molar refractivity (Wildman–Crippen MR) is 60.1 cm³/mol. The maximum atomic E-state index is 11.6. The molecule has 0 aromatic rings. The number of likely N-dealkylation sites (N-methyl/N-ethyl adjacent to an activating group) is 1. The molecule has 0 aliphatic heterocycles. The lowest BCUT2D eigenvalue weighted by molar-refractivity contribution is -0.143. The van der Waals surface area contributed by atoms with Crippen molar-refractivity contribution in [2.45, 2.75) is 25.9 Å². The van der Waals surface area contributed by atoms with Gasteiger partial charge in [0.25, 0.3) is 5.91 Å². The summed E-state index contributed by atoms with van der Waals surface area (Å²) in [5.74, 6) is -1.12. The summed E-state index contributed by atoms with van der Waals surface area (Å²) in [5, 5.41) is 8.48. The largest absolute Gasteiger partial charge is 0.481 e. The van der Waals surface area contributed by atoms with E-state index in [2.05, 4.69) is 6.58 Å². The van der Waals surface area contributed by atoms with E-state index in [1.807, 2.05) is 0 Å². The SMILES string of the molecule is C=CCCOC(C)C(=O)N(C)CCC(=O)O. The molecule has 0 fully saturated rings. The van der Waals surface area contributed by atoms with Crippen LogP contribution in [0.2, 0.25) is 0 Å². The molecule has 5 heteroatoms. The molecule has 1 atom stereocenters. The highest BCUT2D eigenvalue weighted by molar-refractivity contribution is 5.80. The Morgan fingerprint density at radius 2 is 2.19 bits per heavy atom. The molecule has 0 bridgehead atoms. The summed E-state index contributed by atoms with van der Waals surface area (Å²) in [6, 6.07) is 0. The summed E-state index contributed by atoms with van der Waals surface area (Å²) >= 11 is 0. The van der Waals surface area contributed by atoms with Crippen molar-refractivity contribution in [1.29, 1.82) is 0 Å². The van der Waals surface area contributed by atoms with Gasteiger partial charge in [-0.1, -0.05) is 6.08 Å². The Labute approximate surface area is 95.7 Å². The van der Waals surface area contributed by atoms with Crippen molar-refractivity contribution < 1.29 is 19.4 Å². The summed E-state index contributed by atoms with van der Waals surface area (Å²) in [6.45, 7) is 5.85. The fourth-order valence-corrected chi connectivity index (χ4v) is 1.08. The second-order valence-electron chi connectivity index (χ2n) is 3.49. The van der Waals surface area contributed by atoms with Crippen molar-refractivity contribution in [3.05, 3.63) is 12.7 Å². The minimum absolute atomic E-state index is 0.0540. The molecule has 0 aromatic carbocycles. The van der Waals surface area contributed by atoms with Crippen LogP contribution in [0.5, 0.6) is 0 Å². The Balaban J connectivity index is 3.91. The normalized spacial score (nSPS) is 11.9. The van der Waals surface area contributed by atoms with Crippen LogP contribution in [0.4, 0.5) is 0 Å². The highest BCUT2D eigenvalue weighted by Crippen LogP contribution is 1.99. The van der Waals surface area contributed by atoms with Crippen LogP contribution in [0.3, 0.4) is 0 Å². The number of carbonyl (C=O) groups is 2. The van der Waals surface area contributed by atoms with E-state index in [4.69, 9.17) is 9.84 Å².